The van der Waals surface area contributed by atoms with Gasteiger partial charge >= 0.3 is 0 Å². The molecule has 0 radical (unpaired) electrons. The summed E-state index contributed by atoms with van der Waals surface area (Å²) < 4.78 is 0. The van der Waals surface area contributed by atoms with Gasteiger partial charge in [0.25, 0.3) is 0 Å². The molecule has 0 saturated heterocycles. The van der Waals surface area contributed by atoms with Crippen molar-refractivity contribution >= 4 is 0 Å². The number of nitrogens with zero attached hydrogens (tertiary/aromatic N) is 1. The molecule has 1 aliphatic carbocycles. The van der Waals surface area contributed by atoms with Crippen molar-refractivity contribution in [2.24, 2.45) is 11.3 Å². The van der Waals surface area contributed by atoms with Crippen LogP contribution >= 0.6 is 0 Å². The number of hydrogen-bond acceptors (Lipinski definition) is 2. The van der Waals surface area contributed by atoms with Crippen molar-refractivity contribution in [3.63, 3.8) is 0 Å². The molecule has 0 aromatic carbocycles. The highest BCUT2D eigenvalue weighted by Crippen LogP contribution is 2.41. The second kappa shape index (κ2) is 4.77. The second-order valence-electron chi connectivity index (χ2n) is 6.30. The first-order valence-corrected chi connectivity index (χ1v) is 6.65. The lowest BCUT2D eigenvalue weighted by atomic mass is 9.91. The molecule has 1 aromatic rings. The first kappa shape index (κ1) is 12.6. The van der Waals surface area contributed by atoms with E-state index in [1.54, 1.807) is 0 Å². The van der Waals surface area contributed by atoms with Crippen LogP contribution in [0.15, 0.2) is 24.4 Å². The van der Waals surface area contributed by atoms with Crippen molar-refractivity contribution < 1.29 is 0 Å². The Morgan fingerprint density at radius 2 is 2.12 bits per heavy atom. The molecule has 2 heteroatoms. The van der Waals surface area contributed by atoms with Crippen molar-refractivity contribution in [3.8, 4) is 0 Å². The van der Waals surface area contributed by atoms with Gasteiger partial charge in [0.05, 0.1) is 5.69 Å². The van der Waals surface area contributed by atoms with Crippen LogP contribution in [0.2, 0.25) is 0 Å². The highest BCUT2D eigenvalue weighted by atomic mass is 15.0. The predicted octanol–water partition coefficient (Wildman–Crippen LogP) is 3.56. The lowest BCUT2D eigenvalue weighted by Crippen LogP contribution is -2.34. The Morgan fingerprint density at radius 1 is 1.35 bits per heavy atom. The van der Waals surface area contributed by atoms with E-state index in [1.165, 1.54) is 12.8 Å². The zero-order chi connectivity index (χ0) is 12.5. The fourth-order valence-corrected chi connectivity index (χ4v) is 3.16. The Balaban J connectivity index is 1.98. The molecule has 1 heterocycles. The molecular weight excluding hydrogens is 208 g/mol. The SMILES string of the molecule is CC1CC(C)(C)CC1N[C@@H](C)c1ccccn1. The van der Waals surface area contributed by atoms with Crippen LogP contribution in [0.4, 0.5) is 0 Å². The van der Waals surface area contributed by atoms with E-state index < -0.39 is 0 Å². The highest BCUT2D eigenvalue weighted by molar-refractivity contribution is 5.08. The molecule has 2 rings (SSSR count). The summed E-state index contributed by atoms with van der Waals surface area (Å²) in [5.74, 6) is 0.760. The van der Waals surface area contributed by atoms with Crippen LogP contribution in [-0.2, 0) is 0 Å². The van der Waals surface area contributed by atoms with Crippen LogP contribution < -0.4 is 5.32 Å². The van der Waals surface area contributed by atoms with E-state index in [0.29, 0.717) is 17.5 Å². The van der Waals surface area contributed by atoms with Gasteiger partial charge < -0.3 is 5.32 Å². The van der Waals surface area contributed by atoms with Crippen molar-refractivity contribution in [1.82, 2.24) is 10.3 Å². The number of pyridine rings is 1. The molecule has 1 aromatic heterocycles. The molecule has 94 valence electrons. The van der Waals surface area contributed by atoms with E-state index in [4.69, 9.17) is 0 Å². The average Bonchev–Trinajstić information content (AvgIpc) is 2.53. The van der Waals surface area contributed by atoms with E-state index in [-0.39, 0.29) is 0 Å². The van der Waals surface area contributed by atoms with Gasteiger partial charge in [0.2, 0.25) is 0 Å². The molecule has 0 bridgehead atoms. The largest absolute Gasteiger partial charge is 0.306 e. The van der Waals surface area contributed by atoms with Crippen molar-refractivity contribution in [2.75, 3.05) is 0 Å². The quantitative estimate of drug-likeness (QED) is 0.862. The van der Waals surface area contributed by atoms with Crippen molar-refractivity contribution in [3.05, 3.63) is 30.1 Å². The smallest absolute Gasteiger partial charge is 0.0570 e. The summed E-state index contributed by atoms with van der Waals surface area (Å²) >= 11 is 0. The van der Waals surface area contributed by atoms with Crippen LogP contribution in [0.25, 0.3) is 0 Å². The molecule has 0 spiro atoms. The predicted molar refractivity (Wildman–Crippen MR) is 71.8 cm³/mol. The molecule has 2 nitrogen and oxygen atoms in total. The first-order valence-electron chi connectivity index (χ1n) is 6.65. The number of rotatable bonds is 3. The van der Waals surface area contributed by atoms with Gasteiger partial charge in [-0.3, -0.25) is 4.98 Å². The summed E-state index contributed by atoms with van der Waals surface area (Å²) in [4.78, 5) is 4.42. The van der Waals surface area contributed by atoms with Gasteiger partial charge in [0, 0.05) is 18.3 Å². The van der Waals surface area contributed by atoms with Gasteiger partial charge in [-0.05, 0) is 43.2 Å². The summed E-state index contributed by atoms with van der Waals surface area (Å²) in [6.07, 6.45) is 4.46. The fraction of sp³-hybridized carbons (Fsp3) is 0.667. The van der Waals surface area contributed by atoms with Crippen molar-refractivity contribution in [2.45, 2.75) is 52.6 Å². The Morgan fingerprint density at radius 3 is 2.65 bits per heavy atom. The van der Waals surface area contributed by atoms with Crippen LogP contribution in [0.1, 0.15) is 52.3 Å². The average molecular weight is 232 g/mol. The molecule has 1 aliphatic rings. The van der Waals surface area contributed by atoms with E-state index in [0.717, 1.165) is 11.6 Å². The third kappa shape index (κ3) is 3.06. The van der Waals surface area contributed by atoms with Gasteiger partial charge in [-0.2, -0.15) is 0 Å². The maximum Gasteiger partial charge on any atom is 0.0570 e. The molecule has 0 aliphatic heterocycles. The minimum atomic E-state index is 0.345. The van der Waals surface area contributed by atoms with E-state index in [2.05, 4.69) is 50.1 Å². The van der Waals surface area contributed by atoms with Gasteiger partial charge in [0.15, 0.2) is 0 Å². The third-order valence-corrected chi connectivity index (χ3v) is 3.93. The van der Waals surface area contributed by atoms with Gasteiger partial charge in [-0.25, -0.2) is 0 Å². The maximum absolute atomic E-state index is 4.42. The van der Waals surface area contributed by atoms with Crippen LogP contribution in [0.3, 0.4) is 0 Å². The Bertz CT molecular complexity index is 358. The summed E-state index contributed by atoms with van der Waals surface area (Å²) in [6.45, 7) is 9.31. The Labute approximate surface area is 105 Å². The Hall–Kier alpha value is -0.890. The standard InChI is InChI=1S/C15H24N2/c1-11-9-15(3,4)10-14(11)17-12(2)13-7-5-6-8-16-13/h5-8,11-12,14,17H,9-10H2,1-4H3/t11?,12-,14?/m0/s1. The molecule has 2 unspecified atom stereocenters. The number of aromatic nitrogens is 1. The molecule has 1 N–H and O–H groups in total. The maximum atomic E-state index is 4.42. The minimum Gasteiger partial charge on any atom is -0.306 e. The third-order valence-electron chi connectivity index (χ3n) is 3.93. The van der Waals surface area contributed by atoms with E-state index in [9.17, 15) is 0 Å². The lowest BCUT2D eigenvalue weighted by molar-refractivity contribution is 0.355. The first-order chi connectivity index (χ1) is 7.98. The van der Waals surface area contributed by atoms with E-state index in [1.807, 2.05) is 12.3 Å². The normalized spacial score (nSPS) is 29.2. The zero-order valence-electron chi connectivity index (χ0n) is 11.4. The molecule has 3 atom stereocenters. The Kier molecular flexibility index (Phi) is 3.53. The van der Waals surface area contributed by atoms with Gasteiger partial charge in [-0.1, -0.05) is 26.8 Å². The summed E-state index contributed by atoms with van der Waals surface area (Å²) in [5.41, 5.74) is 1.63. The highest BCUT2D eigenvalue weighted by Gasteiger charge is 2.37. The molecule has 1 saturated carbocycles. The minimum absolute atomic E-state index is 0.345. The van der Waals surface area contributed by atoms with Crippen LogP contribution in [0.5, 0.6) is 0 Å². The van der Waals surface area contributed by atoms with E-state index >= 15 is 0 Å². The summed E-state index contributed by atoms with van der Waals surface area (Å²) in [7, 11) is 0. The topological polar surface area (TPSA) is 24.9 Å². The number of nitrogens with one attached hydrogen (secondary N) is 1. The zero-order valence-corrected chi connectivity index (χ0v) is 11.4. The number of hydrogen-bond donors (Lipinski definition) is 1. The molecular formula is C15H24N2. The molecule has 0 amide bonds. The molecule has 17 heavy (non-hydrogen) atoms. The van der Waals surface area contributed by atoms with Crippen LogP contribution in [-0.4, -0.2) is 11.0 Å². The lowest BCUT2D eigenvalue weighted by Gasteiger charge is -2.23. The fourth-order valence-electron chi connectivity index (χ4n) is 3.16. The van der Waals surface area contributed by atoms with Crippen LogP contribution in [0, 0.1) is 11.3 Å². The molecule has 1 fully saturated rings. The van der Waals surface area contributed by atoms with Gasteiger partial charge in [0.1, 0.15) is 0 Å². The second-order valence-corrected chi connectivity index (χ2v) is 6.30. The summed E-state index contributed by atoms with van der Waals surface area (Å²) in [6, 6.07) is 7.10. The monoisotopic (exact) mass is 232 g/mol. The van der Waals surface area contributed by atoms with Gasteiger partial charge in [-0.15, -0.1) is 0 Å². The van der Waals surface area contributed by atoms with Crippen molar-refractivity contribution in [1.29, 1.82) is 0 Å². The summed E-state index contributed by atoms with van der Waals surface area (Å²) in [5, 5.41) is 3.74.